The number of methoxy groups -OCH3 is 1. The molecule has 0 aliphatic carbocycles. The molecule has 144 valence electrons. The fourth-order valence-electron chi connectivity index (χ4n) is 2.44. The summed E-state index contributed by atoms with van der Waals surface area (Å²) in [5, 5.41) is 4.03. The number of anilines is 1. The van der Waals surface area contributed by atoms with Crippen molar-refractivity contribution in [1.29, 1.82) is 0 Å². The quantitative estimate of drug-likeness (QED) is 0.573. The SMILES string of the molecule is COc1ccccc1S(=O)(=O)NCCS(=O)(=O)Nc1ccn2nccc2c1. The summed E-state index contributed by atoms with van der Waals surface area (Å²) in [6.07, 6.45) is 3.22. The first-order chi connectivity index (χ1) is 12.8. The lowest BCUT2D eigenvalue weighted by atomic mass is 10.3. The van der Waals surface area contributed by atoms with Gasteiger partial charge in [0.05, 0.1) is 24.1 Å². The molecule has 2 aromatic heterocycles. The summed E-state index contributed by atoms with van der Waals surface area (Å²) in [6.45, 7) is -0.287. The van der Waals surface area contributed by atoms with Gasteiger partial charge in [-0.05, 0) is 30.3 Å². The van der Waals surface area contributed by atoms with E-state index in [0.29, 0.717) is 5.69 Å². The second-order valence-electron chi connectivity index (χ2n) is 5.59. The van der Waals surface area contributed by atoms with E-state index in [9.17, 15) is 16.8 Å². The van der Waals surface area contributed by atoms with E-state index in [2.05, 4.69) is 14.5 Å². The average Bonchev–Trinajstić information content (AvgIpc) is 3.08. The third-order valence-corrected chi connectivity index (χ3v) is 6.48. The highest BCUT2D eigenvalue weighted by atomic mass is 32.2. The molecule has 0 spiro atoms. The van der Waals surface area contributed by atoms with E-state index < -0.39 is 25.8 Å². The number of fused-ring (bicyclic) bond motifs is 1. The minimum Gasteiger partial charge on any atom is -0.495 e. The molecule has 2 heterocycles. The Kier molecular flexibility index (Phi) is 5.35. The zero-order chi connectivity index (χ0) is 19.5. The van der Waals surface area contributed by atoms with E-state index in [-0.39, 0.29) is 17.2 Å². The molecule has 0 unspecified atom stereocenters. The molecule has 9 nitrogen and oxygen atoms in total. The predicted molar refractivity (Wildman–Crippen MR) is 101 cm³/mol. The van der Waals surface area contributed by atoms with Crippen LogP contribution >= 0.6 is 0 Å². The van der Waals surface area contributed by atoms with Crippen LogP contribution in [-0.4, -0.2) is 45.9 Å². The molecule has 11 heteroatoms. The molecule has 3 rings (SSSR count). The minimum absolute atomic E-state index is 0.0518. The van der Waals surface area contributed by atoms with Crippen LogP contribution in [0.4, 0.5) is 5.69 Å². The molecule has 0 radical (unpaired) electrons. The molecule has 0 saturated carbocycles. The molecule has 1 aromatic carbocycles. The van der Waals surface area contributed by atoms with Gasteiger partial charge in [0.1, 0.15) is 10.6 Å². The monoisotopic (exact) mass is 410 g/mol. The molecule has 27 heavy (non-hydrogen) atoms. The molecule has 2 N–H and O–H groups in total. The van der Waals surface area contributed by atoms with Crippen LogP contribution in [0.3, 0.4) is 0 Å². The number of rotatable bonds is 8. The van der Waals surface area contributed by atoms with Crippen molar-refractivity contribution in [2.75, 3.05) is 24.1 Å². The summed E-state index contributed by atoms with van der Waals surface area (Å²) in [5.74, 6) is -0.244. The van der Waals surface area contributed by atoms with Crippen molar-refractivity contribution in [1.82, 2.24) is 14.3 Å². The summed E-state index contributed by atoms with van der Waals surface area (Å²) in [5.41, 5.74) is 1.10. The number of hydrogen-bond donors (Lipinski definition) is 2. The van der Waals surface area contributed by atoms with Gasteiger partial charge >= 0.3 is 0 Å². The highest BCUT2D eigenvalue weighted by Gasteiger charge is 2.20. The van der Waals surface area contributed by atoms with Gasteiger partial charge in [0, 0.05) is 18.9 Å². The molecular formula is C16H18N4O5S2. The molecule has 3 aromatic rings. The number of ether oxygens (including phenoxy) is 1. The molecule has 0 atom stereocenters. The lowest BCUT2D eigenvalue weighted by molar-refractivity contribution is 0.402. The summed E-state index contributed by atoms with van der Waals surface area (Å²) in [7, 11) is -6.28. The Morgan fingerprint density at radius 2 is 1.89 bits per heavy atom. The van der Waals surface area contributed by atoms with Crippen LogP contribution in [0.25, 0.3) is 5.52 Å². The van der Waals surface area contributed by atoms with Gasteiger partial charge in [0.25, 0.3) is 0 Å². The lowest BCUT2D eigenvalue weighted by Gasteiger charge is -2.11. The minimum atomic E-state index is -3.90. The smallest absolute Gasteiger partial charge is 0.244 e. The van der Waals surface area contributed by atoms with Crippen molar-refractivity contribution in [3.05, 3.63) is 54.9 Å². The average molecular weight is 410 g/mol. The van der Waals surface area contributed by atoms with Gasteiger partial charge in [-0.15, -0.1) is 0 Å². The van der Waals surface area contributed by atoms with E-state index in [1.54, 1.807) is 47.2 Å². The second kappa shape index (κ2) is 7.55. The van der Waals surface area contributed by atoms with E-state index in [4.69, 9.17) is 4.74 Å². The van der Waals surface area contributed by atoms with E-state index in [0.717, 1.165) is 5.52 Å². The lowest BCUT2D eigenvalue weighted by Crippen LogP contribution is -2.31. The Bertz CT molecular complexity index is 1160. The van der Waals surface area contributed by atoms with Gasteiger partial charge in [-0.1, -0.05) is 12.1 Å². The topological polar surface area (TPSA) is 119 Å². The maximum atomic E-state index is 12.4. The van der Waals surface area contributed by atoms with E-state index in [1.807, 2.05) is 0 Å². The van der Waals surface area contributed by atoms with Crippen LogP contribution in [0.15, 0.2) is 59.8 Å². The zero-order valence-electron chi connectivity index (χ0n) is 14.4. The highest BCUT2D eigenvalue weighted by molar-refractivity contribution is 7.92. The normalized spacial score (nSPS) is 12.2. The van der Waals surface area contributed by atoms with Crippen molar-refractivity contribution in [3.63, 3.8) is 0 Å². The van der Waals surface area contributed by atoms with Crippen LogP contribution in [0.2, 0.25) is 0 Å². The van der Waals surface area contributed by atoms with Crippen LogP contribution in [0.5, 0.6) is 5.75 Å². The molecule has 0 bridgehead atoms. The molecule has 0 fully saturated rings. The number of benzene rings is 1. The van der Waals surface area contributed by atoms with Crippen molar-refractivity contribution in [2.24, 2.45) is 0 Å². The van der Waals surface area contributed by atoms with Gasteiger partial charge < -0.3 is 4.74 Å². The molecule has 0 aliphatic rings. The number of nitrogens with zero attached hydrogens (tertiary/aromatic N) is 2. The maximum Gasteiger partial charge on any atom is 0.244 e. The second-order valence-corrected chi connectivity index (χ2v) is 9.16. The molecule has 0 saturated heterocycles. The van der Waals surface area contributed by atoms with Crippen LogP contribution in [0.1, 0.15) is 0 Å². The van der Waals surface area contributed by atoms with E-state index in [1.165, 1.54) is 19.2 Å². The van der Waals surface area contributed by atoms with Gasteiger partial charge in [-0.25, -0.2) is 26.1 Å². The highest BCUT2D eigenvalue weighted by Crippen LogP contribution is 2.22. The first-order valence-electron chi connectivity index (χ1n) is 7.87. The zero-order valence-corrected chi connectivity index (χ0v) is 16.0. The Balaban J connectivity index is 1.64. The number of hydrogen-bond acceptors (Lipinski definition) is 6. The maximum absolute atomic E-state index is 12.4. The third kappa shape index (κ3) is 4.56. The third-order valence-electron chi connectivity index (χ3n) is 3.69. The van der Waals surface area contributed by atoms with Crippen molar-refractivity contribution in [3.8, 4) is 5.75 Å². The number of pyridine rings is 1. The van der Waals surface area contributed by atoms with Crippen LogP contribution in [0, 0.1) is 0 Å². The first-order valence-corrected chi connectivity index (χ1v) is 11.0. The van der Waals surface area contributed by atoms with Crippen molar-refractivity contribution in [2.45, 2.75) is 4.90 Å². The Morgan fingerprint density at radius 3 is 2.67 bits per heavy atom. The van der Waals surface area contributed by atoms with Gasteiger partial charge in [0.15, 0.2) is 0 Å². The van der Waals surface area contributed by atoms with Gasteiger partial charge in [0.2, 0.25) is 20.0 Å². The number of para-hydroxylation sites is 1. The Hall–Kier alpha value is -2.63. The molecule has 0 aliphatic heterocycles. The summed E-state index contributed by atoms with van der Waals surface area (Å²) < 4.78 is 60.5. The number of aromatic nitrogens is 2. The van der Waals surface area contributed by atoms with Crippen LogP contribution in [-0.2, 0) is 20.0 Å². The fourth-order valence-corrected chi connectivity index (χ4v) is 4.73. The first kappa shape index (κ1) is 19.1. The van der Waals surface area contributed by atoms with Crippen molar-refractivity contribution < 1.29 is 21.6 Å². The summed E-state index contributed by atoms with van der Waals surface area (Å²) in [6, 6.07) is 11.0. The van der Waals surface area contributed by atoms with Crippen LogP contribution < -0.4 is 14.2 Å². The Labute approximate surface area is 157 Å². The standard InChI is InChI=1S/C16H18N4O5S2/c1-25-15-4-2-3-5-16(15)27(23,24)18-9-11-26(21,22)19-13-7-10-20-14(12-13)6-8-17-20/h2-8,10,12,18-19H,9,11H2,1H3. The largest absolute Gasteiger partial charge is 0.495 e. The van der Waals surface area contributed by atoms with Crippen molar-refractivity contribution >= 4 is 31.3 Å². The molecule has 0 amide bonds. The predicted octanol–water partition coefficient (Wildman–Crippen LogP) is 1.06. The van der Waals surface area contributed by atoms with E-state index >= 15 is 0 Å². The summed E-state index contributed by atoms with van der Waals surface area (Å²) in [4.78, 5) is -0.0518. The fraction of sp³-hybridized carbons (Fsp3) is 0.188. The summed E-state index contributed by atoms with van der Waals surface area (Å²) >= 11 is 0. The number of sulfonamides is 2. The Morgan fingerprint density at radius 1 is 1.11 bits per heavy atom. The van der Waals surface area contributed by atoms with Gasteiger partial charge in [-0.3, -0.25) is 4.72 Å². The van der Waals surface area contributed by atoms with Gasteiger partial charge in [-0.2, -0.15) is 5.10 Å². The molecular weight excluding hydrogens is 392 g/mol. The number of nitrogens with one attached hydrogen (secondary N) is 2.